The summed E-state index contributed by atoms with van der Waals surface area (Å²) in [6.07, 6.45) is 9.56. The summed E-state index contributed by atoms with van der Waals surface area (Å²) in [4.78, 5) is 0. The molecule has 0 spiro atoms. The van der Waals surface area contributed by atoms with Crippen LogP contribution in [0, 0.1) is 0 Å². The van der Waals surface area contributed by atoms with E-state index in [9.17, 15) is 0 Å². The van der Waals surface area contributed by atoms with Crippen LogP contribution in [0.3, 0.4) is 0 Å². The molecule has 0 amide bonds. The first-order chi connectivity index (χ1) is 7.95. The molecular weight excluding hydrogens is 230 g/mol. The second-order valence-corrected chi connectivity index (χ2v) is 4.88. The Balaban J connectivity index is 0.00000144. The van der Waals surface area contributed by atoms with E-state index >= 15 is 0 Å². The van der Waals surface area contributed by atoms with Crippen molar-refractivity contribution in [3.63, 3.8) is 0 Å². The maximum absolute atomic E-state index is 3.69. The van der Waals surface area contributed by atoms with Gasteiger partial charge in [0, 0.05) is 6.04 Å². The molecule has 2 heteroatoms. The standard InChI is InChI=1S/C15H23N.ClH/c1-3-8-14(9-4-1)10-7-13-16-15-11-5-2-6-12-15;/h1,3-4,8-9,15-16H,2,5-7,10-13H2;1H. The van der Waals surface area contributed by atoms with Crippen molar-refractivity contribution in [3.05, 3.63) is 35.9 Å². The fourth-order valence-electron chi connectivity index (χ4n) is 2.55. The summed E-state index contributed by atoms with van der Waals surface area (Å²) in [5.41, 5.74) is 1.47. The molecule has 0 bridgehead atoms. The van der Waals surface area contributed by atoms with E-state index in [0.29, 0.717) is 0 Å². The van der Waals surface area contributed by atoms with Gasteiger partial charge in [0.1, 0.15) is 0 Å². The smallest absolute Gasteiger partial charge is 0.00670 e. The number of rotatable bonds is 5. The topological polar surface area (TPSA) is 12.0 Å². The van der Waals surface area contributed by atoms with Crippen LogP contribution in [0.1, 0.15) is 44.1 Å². The summed E-state index contributed by atoms with van der Waals surface area (Å²) in [6.45, 7) is 1.18. The molecule has 1 nitrogen and oxygen atoms in total. The van der Waals surface area contributed by atoms with Gasteiger partial charge in [0.25, 0.3) is 0 Å². The quantitative estimate of drug-likeness (QED) is 0.784. The number of benzene rings is 1. The third-order valence-electron chi connectivity index (χ3n) is 3.52. The molecule has 0 radical (unpaired) electrons. The Morgan fingerprint density at radius 2 is 1.71 bits per heavy atom. The first-order valence-electron chi connectivity index (χ1n) is 6.72. The normalized spacial score (nSPS) is 16.5. The zero-order valence-corrected chi connectivity index (χ0v) is 11.3. The Hall–Kier alpha value is -0.530. The largest absolute Gasteiger partial charge is 0.314 e. The second kappa shape index (κ2) is 8.54. The molecule has 1 aromatic carbocycles. The lowest BCUT2D eigenvalue weighted by Crippen LogP contribution is -2.31. The zero-order chi connectivity index (χ0) is 11.1. The molecule has 1 aliphatic rings. The van der Waals surface area contributed by atoms with Crippen molar-refractivity contribution in [2.24, 2.45) is 0 Å². The highest BCUT2D eigenvalue weighted by Gasteiger charge is 2.11. The highest BCUT2D eigenvalue weighted by atomic mass is 35.5. The molecule has 0 atom stereocenters. The maximum Gasteiger partial charge on any atom is 0.00670 e. The van der Waals surface area contributed by atoms with Gasteiger partial charge < -0.3 is 5.32 Å². The Bertz CT molecular complexity index is 280. The molecule has 0 aromatic heterocycles. The van der Waals surface area contributed by atoms with Crippen molar-refractivity contribution in [1.29, 1.82) is 0 Å². The Morgan fingerprint density at radius 1 is 1.00 bits per heavy atom. The number of halogens is 1. The van der Waals surface area contributed by atoms with Crippen LogP contribution in [-0.2, 0) is 6.42 Å². The third-order valence-corrected chi connectivity index (χ3v) is 3.52. The zero-order valence-electron chi connectivity index (χ0n) is 10.5. The van der Waals surface area contributed by atoms with Crippen molar-refractivity contribution in [2.45, 2.75) is 51.0 Å². The van der Waals surface area contributed by atoms with Gasteiger partial charge in [0.2, 0.25) is 0 Å². The van der Waals surface area contributed by atoms with Gasteiger partial charge >= 0.3 is 0 Å². The van der Waals surface area contributed by atoms with Gasteiger partial charge in [-0.3, -0.25) is 0 Å². The van der Waals surface area contributed by atoms with Gasteiger partial charge in [0.05, 0.1) is 0 Å². The van der Waals surface area contributed by atoms with Crippen molar-refractivity contribution in [1.82, 2.24) is 5.32 Å². The van der Waals surface area contributed by atoms with Crippen molar-refractivity contribution in [2.75, 3.05) is 6.54 Å². The molecule has 17 heavy (non-hydrogen) atoms. The second-order valence-electron chi connectivity index (χ2n) is 4.88. The molecule has 0 heterocycles. The van der Waals surface area contributed by atoms with Crippen LogP contribution in [0.25, 0.3) is 0 Å². The third kappa shape index (κ3) is 5.56. The SMILES string of the molecule is Cl.c1ccc(CCCNC2CCCCC2)cc1. The molecule has 96 valence electrons. The van der Waals surface area contributed by atoms with Gasteiger partial charge in [-0.25, -0.2) is 0 Å². The number of hydrogen-bond donors (Lipinski definition) is 1. The lowest BCUT2D eigenvalue weighted by atomic mass is 9.95. The minimum Gasteiger partial charge on any atom is -0.314 e. The van der Waals surface area contributed by atoms with E-state index in [2.05, 4.69) is 35.6 Å². The summed E-state index contributed by atoms with van der Waals surface area (Å²) in [6, 6.07) is 11.6. The highest BCUT2D eigenvalue weighted by molar-refractivity contribution is 5.85. The number of aryl methyl sites for hydroxylation is 1. The van der Waals surface area contributed by atoms with E-state index in [0.717, 1.165) is 6.04 Å². The molecule has 1 aliphatic carbocycles. The number of hydrogen-bond acceptors (Lipinski definition) is 1. The predicted molar refractivity (Wildman–Crippen MR) is 76.9 cm³/mol. The van der Waals surface area contributed by atoms with Crippen LogP contribution in [0.5, 0.6) is 0 Å². The minimum absolute atomic E-state index is 0. The van der Waals surface area contributed by atoms with E-state index in [1.165, 1.54) is 57.1 Å². The van der Waals surface area contributed by atoms with Crippen molar-refractivity contribution in [3.8, 4) is 0 Å². The van der Waals surface area contributed by atoms with Crippen LogP contribution in [0.15, 0.2) is 30.3 Å². The van der Waals surface area contributed by atoms with Crippen LogP contribution < -0.4 is 5.32 Å². The van der Waals surface area contributed by atoms with Crippen molar-refractivity contribution >= 4 is 12.4 Å². The van der Waals surface area contributed by atoms with Crippen LogP contribution in [0.2, 0.25) is 0 Å². The average molecular weight is 254 g/mol. The Labute approximate surface area is 111 Å². The Morgan fingerprint density at radius 3 is 2.41 bits per heavy atom. The molecule has 2 rings (SSSR count). The summed E-state index contributed by atoms with van der Waals surface area (Å²) in [7, 11) is 0. The van der Waals surface area contributed by atoms with Gasteiger partial charge in [0.15, 0.2) is 0 Å². The molecule has 1 aromatic rings. The summed E-state index contributed by atoms with van der Waals surface area (Å²) in [5, 5.41) is 3.69. The molecule has 0 saturated heterocycles. The minimum atomic E-state index is 0. The van der Waals surface area contributed by atoms with E-state index in [1.807, 2.05) is 0 Å². The molecule has 0 unspecified atom stereocenters. The van der Waals surface area contributed by atoms with Crippen LogP contribution in [0.4, 0.5) is 0 Å². The molecule has 1 fully saturated rings. The summed E-state index contributed by atoms with van der Waals surface area (Å²) < 4.78 is 0. The van der Waals surface area contributed by atoms with Gasteiger partial charge in [-0.15, -0.1) is 12.4 Å². The lowest BCUT2D eigenvalue weighted by Gasteiger charge is -2.22. The first kappa shape index (κ1) is 14.5. The summed E-state index contributed by atoms with van der Waals surface area (Å²) in [5.74, 6) is 0. The maximum atomic E-state index is 3.69. The monoisotopic (exact) mass is 253 g/mol. The van der Waals surface area contributed by atoms with E-state index in [-0.39, 0.29) is 12.4 Å². The lowest BCUT2D eigenvalue weighted by molar-refractivity contribution is 0.372. The van der Waals surface area contributed by atoms with Gasteiger partial charge in [-0.2, -0.15) is 0 Å². The molecular formula is C15H24ClN. The van der Waals surface area contributed by atoms with Crippen LogP contribution >= 0.6 is 12.4 Å². The highest BCUT2D eigenvalue weighted by Crippen LogP contribution is 2.17. The fourth-order valence-corrected chi connectivity index (χ4v) is 2.55. The van der Waals surface area contributed by atoms with Gasteiger partial charge in [-0.1, -0.05) is 49.6 Å². The Kier molecular flexibility index (Phi) is 7.30. The van der Waals surface area contributed by atoms with Crippen LogP contribution in [-0.4, -0.2) is 12.6 Å². The summed E-state index contributed by atoms with van der Waals surface area (Å²) >= 11 is 0. The first-order valence-corrected chi connectivity index (χ1v) is 6.72. The molecule has 0 aliphatic heterocycles. The average Bonchev–Trinajstić information content (AvgIpc) is 2.37. The molecule has 1 N–H and O–H groups in total. The van der Waals surface area contributed by atoms with E-state index in [1.54, 1.807) is 0 Å². The van der Waals surface area contributed by atoms with Crippen molar-refractivity contribution < 1.29 is 0 Å². The van der Waals surface area contributed by atoms with E-state index < -0.39 is 0 Å². The molecule has 1 saturated carbocycles. The fraction of sp³-hybridized carbons (Fsp3) is 0.600. The van der Waals surface area contributed by atoms with Gasteiger partial charge in [-0.05, 0) is 37.8 Å². The number of nitrogens with one attached hydrogen (secondary N) is 1. The predicted octanol–water partition coefficient (Wildman–Crippen LogP) is 3.96. The van der Waals surface area contributed by atoms with E-state index in [4.69, 9.17) is 0 Å².